The van der Waals surface area contributed by atoms with Gasteiger partial charge in [-0.05, 0) is 36.4 Å². The van der Waals surface area contributed by atoms with E-state index in [1.165, 1.54) is 0 Å². The Kier molecular flexibility index (Phi) is 2.23. The van der Waals surface area contributed by atoms with Crippen LogP contribution in [0.15, 0.2) is 65.5 Å². The molecule has 5 heteroatoms. The Labute approximate surface area is 130 Å². The number of furan rings is 1. The molecule has 0 atom stereocenters. The summed E-state index contributed by atoms with van der Waals surface area (Å²) in [6.07, 6.45) is 5.49. The third kappa shape index (κ3) is 1.47. The minimum absolute atomic E-state index is 0.641. The van der Waals surface area contributed by atoms with Gasteiger partial charge in [-0.25, -0.2) is 4.98 Å². The van der Waals surface area contributed by atoms with E-state index in [-0.39, 0.29) is 0 Å². The summed E-state index contributed by atoms with van der Waals surface area (Å²) in [6.45, 7) is 0. The van der Waals surface area contributed by atoms with Crippen LogP contribution in [0.3, 0.4) is 0 Å². The molecule has 0 N–H and O–H groups in total. The summed E-state index contributed by atoms with van der Waals surface area (Å²) < 4.78 is 9.45. The van der Waals surface area contributed by atoms with Crippen molar-refractivity contribution in [2.45, 2.75) is 0 Å². The Balaban J connectivity index is 2.09. The fourth-order valence-electron chi connectivity index (χ4n) is 3.16. The number of hydrogen-bond donors (Lipinski definition) is 0. The van der Waals surface area contributed by atoms with E-state index in [2.05, 4.69) is 6.07 Å². The summed E-state index contributed by atoms with van der Waals surface area (Å²) in [5.74, 6) is 1.41. The second kappa shape index (κ2) is 4.24. The molecule has 0 radical (unpaired) electrons. The van der Waals surface area contributed by atoms with E-state index < -0.39 is 0 Å². The van der Waals surface area contributed by atoms with Gasteiger partial charge in [-0.2, -0.15) is 5.26 Å². The van der Waals surface area contributed by atoms with Gasteiger partial charge in [0.05, 0.1) is 28.2 Å². The van der Waals surface area contributed by atoms with Crippen LogP contribution in [0, 0.1) is 11.3 Å². The molecular weight excluding hydrogens is 288 g/mol. The molecule has 0 bridgehead atoms. The lowest BCUT2D eigenvalue weighted by atomic mass is 10.2. The largest absolute Gasteiger partial charge is 0.461 e. The van der Waals surface area contributed by atoms with Gasteiger partial charge in [0.15, 0.2) is 17.2 Å². The van der Waals surface area contributed by atoms with Crippen molar-refractivity contribution in [3.63, 3.8) is 0 Å². The lowest BCUT2D eigenvalue weighted by molar-refractivity contribution is 0.576. The molecule has 0 aromatic carbocycles. The van der Waals surface area contributed by atoms with Crippen molar-refractivity contribution < 1.29 is 4.42 Å². The first-order valence-corrected chi connectivity index (χ1v) is 7.22. The van der Waals surface area contributed by atoms with Gasteiger partial charge in [0.25, 0.3) is 0 Å². The molecular formula is C18H10N4O. The van der Waals surface area contributed by atoms with Crippen LogP contribution in [0.1, 0.15) is 5.56 Å². The van der Waals surface area contributed by atoms with Crippen molar-refractivity contribution in [3.05, 3.63) is 66.7 Å². The summed E-state index contributed by atoms with van der Waals surface area (Å²) in [4.78, 5) is 4.80. The summed E-state index contributed by atoms with van der Waals surface area (Å²) >= 11 is 0. The molecule has 0 amide bonds. The number of rotatable bonds is 1. The van der Waals surface area contributed by atoms with Crippen molar-refractivity contribution in [1.29, 1.82) is 5.26 Å². The molecule has 5 nitrogen and oxygen atoms in total. The Morgan fingerprint density at radius 1 is 0.957 bits per heavy atom. The van der Waals surface area contributed by atoms with Gasteiger partial charge < -0.3 is 4.42 Å². The zero-order valence-electron chi connectivity index (χ0n) is 12.0. The molecule has 0 saturated heterocycles. The molecule has 0 unspecified atom stereocenters. The SMILES string of the molecule is N#Cc1c2c3cccn3c(-c3ccco3)nc2n2ccccc12. The molecule has 0 saturated carbocycles. The minimum atomic E-state index is 0.641. The maximum absolute atomic E-state index is 9.65. The lowest BCUT2D eigenvalue weighted by Crippen LogP contribution is -1.96. The van der Waals surface area contributed by atoms with E-state index in [0.717, 1.165) is 27.9 Å². The fourth-order valence-corrected chi connectivity index (χ4v) is 3.16. The highest BCUT2D eigenvalue weighted by Gasteiger charge is 2.19. The van der Waals surface area contributed by atoms with Crippen LogP contribution in [0.5, 0.6) is 0 Å². The number of nitrogens with zero attached hydrogens (tertiary/aromatic N) is 4. The maximum atomic E-state index is 9.65. The number of hydrogen-bond acceptors (Lipinski definition) is 3. The van der Waals surface area contributed by atoms with E-state index in [0.29, 0.717) is 11.3 Å². The number of fused-ring (bicyclic) bond motifs is 5. The maximum Gasteiger partial charge on any atom is 0.182 e. The topological polar surface area (TPSA) is 58.6 Å². The third-order valence-corrected chi connectivity index (χ3v) is 4.12. The number of pyridine rings is 1. The molecule has 0 aliphatic rings. The molecule has 0 aliphatic heterocycles. The van der Waals surface area contributed by atoms with Gasteiger partial charge in [0.2, 0.25) is 0 Å². The predicted molar refractivity (Wildman–Crippen MR) is 86.1 cm³/mol. The van der Waals surface area contributed by atoms with Crippen molar-refractivity contribution in [2.75, 3.05) is 0 Å². The van der Waals surface area contributed by atoms with Gasteiger partial charge in [0, 0.05) is 12.4 Å². The first-order valence-electron chi connectivity index (χ1n) is 7.22. The van der Waals surface area contributed by atoms with Gasteiger partial charge in [0.1, 0.15) is 6.07 Å². The first-order chi connectivity index (χ1) is 11.4. The standard InChI is InChI=1S/C18H10N4O/c19-11-12-13-5-1-2-8-21(13)18-16(12)14-6-3-9-22(14)17(20-18)15-7-4-10-23-15/h1-10H. The monoisotopic (exact) mass is 298 g/mol. The van der Waals surface area contributed by atoms with E-state index >= 15 is 0 Å². The van der Waals surface area contributed by atoms with E-state index in [9.17, 15) is 5.26 Å². The van der Waals surface area contributed by atoms with Crippen LogP contribution in [0.2, 0.25) is 0 Å². The summed E-state index contributed by atoms with van der Waals surface area (Å²) in [5.41, 5.74) is 3.20. The summed E-state index contributed by atoms with van der Waals surface area (Å²) in [7, 11) is 0. The molecule has 0 fully saturated rings. The second-order valence-electron chi connectivity index (χ2n) is 5.32. The van der Waals surface area contributed by atoms with Crippen molar-refractivity contribution in [2.24, 2.45) is 0 Å². The molecule has 0 aliphatic carbocycles. The Morgan fingerprint density at radius 3 is 2.65 bits per heavy atom. The molecule has 108 valence electrons. The highest BCUT2D eigenvalue weighted by Crippen LogP contribution is 2.32. The lowest BCUT2D eigenvalue weighted by Gasteiger charge is -2.05. The van der Waals surface area contributed by atoms with Crippen LogP contribution in [-0.4, -0.2) is 13.8 Å². The van der Waals surface area contributed by atoms with Crippen molar-refractivity contribution in [3.8, 4) is 17.7 Å². The van der Waals surface area contributed by atoms with E-state index in [1.807, 2.05) is 63.7 Å². The highest BCUT2D eigenvalue weighted by molar-refractivity contribution is 6.03. The summed E-state index contributed by atoms with van der Waals surface area (Å²) in [6, 6.07) is 15.8. The van der Waals surface area contributed by atoms with Gasteiger partial charge in [-0.15, -0.1) is 0 Å². The average Bonchev–Trinajstić information content (AvgIpc) is 3.31. The Hall–Kier alpha value is -3.52. The van der Waals surface area contributed by atoms with Gasteiger partial charge in [-0.1, -0.05) is 6.07 Å². The molecule has 5 rings (SSSR count). The molecule has 5 heterocycles. The zero-order valence-corrected chi connectivity index (χ0v) is 12.0. The third-order valence-electron chi connectivity index (χ3n) is 4.12. The average molecular weight is 298 g/mol. The first kappa shape index (κ1) is 12.1. The smallest absolute Gasteiger partial charge is 0.182 e. The predicted octanol–water partition coefficient (Wildman–Crippen LogP) is 3.87. The minimum Gasteiger partial charge on any atom is -0.461 e. The Morgan fingerprint density at radius 2 is 1.83 bits per heavy atom. The van der Waals surface area contributed by atoms with Gasteiger partial charge in [-0.3, -0.25) is 8.80 Å². The fraction of sp³-hybridized carbons (Fsp3) is 0. The zero-order chi connectivity index (χ0) is 15.4. The van der Waals surface area contributed by atoms with Crippen LogP contribution >= 0.6 is 0 Å². The van der Waals surface area contributed by atoms with Gasteiger partial charge >= 0.3 is 0 Å². The second-order valence-corrected chi connectivity index (χ2v) is 5.32. The molecule has 0 spiro atoms. The van der Waals surface area contributed by atoms with Crippen LogP contribution in [-0.2, 0) is 0 Å². The van der Waals surface area contributed by atoms with E-state index in [4.69, 9.17) is 9.40 Å². The molecule has 23 heavy (non-hydrogen) atoms. The van der Waals surface area contributed by atoms with E-state index in [1.54, 1.807) is 6.26 Å². The van der Waals surface area contributed by atoms with Crippen LogP contribution < -0.4 is 0 Å². The van der Waals surface area contributed by atoms with Crippen molar-refractivity contribution in [1.82, 2.24) is 13.8 Å². The molecule has 5 aromatic rings. The Bertz CT molecular complexity index is 1220. The highest BCUT2D eigenvalue weighted by atomic mass is 16.3. The number of aromatic nitrogens is 3. The molecule has 5 aromatic heterocycles. The van der Waals surface area contributed by atoms with Crippen LogP contribution in [0.25, 0.3) is 33.7 Å². The quantitative estimate of drug-likeness (QED) is 0.472. The number of nitriles is 1. The van der Waals surface area contributed by atoms with Crippen molar-refractivity contribution >= 4 is 22.1 Å². The summed E-state index contributed by atoms with van der Waals surface area (Å²) in [5, 5.41) is 10.5. The van der Waals surface area contributed by atoms with Crippen LogP contribution in [0.4, 0.5) is 0 Å². The normalized spacial score (nSPS) is 11.4.